The van der Waals surface area contributed by atoms with Crippen molar-refractivity contribution in [3.8, 4) is 0 Å². The van der Waals surface area contributed by atoms with E-state index in [2.05, 4.69) is 28.8 Å². The number of hydrogen-bond acceptors (Lipinski definition) is 4. The Morgan fingerprint density at radius 2 is 2.10 bits per heavy atom. The van der Waals surface area contributed by atoms with Gasteiger partial charge in [-0.2, -0.15) is 5.10 Å². The standard InChI is InChI=1S/C16H20N4O/c1-12(2)20-16(17-11-18-20)10-19-9-5-8-15(21)13-6-3-4-7-14(13)19/h3-4,6-7,11-12H,5,8-10H2,1-2H3. The molecule has 0 saturated carbocycles. The van der Waals surface area contributed by atoms with Gasteiger partial charge in [-0.05, 0) is 32.4 Å². The van der Waals surface area contributed by atoms with Gasteiger partial charge in [0.25, 0.3) is 0 Å². The molecule has 0 radical (unpaired) electrons. The number of ketones is 1. The van der Waals surface area contributed by atoms with E-state index in [1.54, 1.807) is 6.33 Å². The second-order valence-corrected chi connectivity index (χ2v) is 5.68. The van der Waals surface area contributed by atoms with Gasteiger partial charge >= 0.3 is 0 Å². The van der Waals surface area contributed by atoms with Gasteiger partial charge in [0.2, 0.25) is 0 Å². The summed E-state index contributed by atoms with van der Waals surface area (Å²) in [4.78, 5) is 18.8. The first-order chi connectivity index (χ1) is 10.2. The number of hydrogen-bond donors (Lipinski definition) is 0. The van der Waals surface area contributed by atoms with Gasteiger partial charge in [0.15, 0.2) is 5.78 Å². The maximum Gasteiger partial charge on any atom is 0.165 e. The summed E-state index contributed by atoms with van der Waals surface area (Å²) in [6.45, 7) is 5.74. The minimum Gasteiger partial charge on any atom is -0.363 e. The Bertz CT molecular complexity index is 647. The predicted octanol–water partition coefficient (Wildman–Crippen LogP) is 2.84. The zero-order valence-electron chi connectivity index (χ0n) is 12.5. The van der Waals surface area contributed by atoms with Crippen LogP contribution in [0.15, 0.2) is 30.6 Å². The summed E-state index contributed by atoms with van der Waals surface area (Å²) in [7, 11) is 0. The molecule has 2 heterocycles. The molecule has 0 spiro atoms. The molecule has 1 aliphatic heterocycles. The van der Waals surface area contributed by atoms with E-state index in [4.69, 9.17) is 0 Å². The number of rotatable bonds is 3. The van der Waals surface area contributed by atoms with Gasteiger partial charge in [0.1, 0.15) is 12.2 Å². The van der Waals surface area contributed by atoms with Gasteiger partial charge in [-0.15, -0.1) is 0 Å². The SMILES string of the molecule is CC(C)n1ncnc1CN1CCCC(=O)c2ccccc21. The molecule has 0 bridgehead atoms. The van der Waals surface area contributed by atoms with E-state index in [1.807, 2.05) is 28.9 Å². The van der Waals surface area contributed by atoms with Crippen LogP contribution >= 0.6 is 0 Å². The van der Waals surface area contributed by atoms with Crippen molar-refractivity contribution in [2.45, 2.75) is 39.3 Å². The van der Waals surface area contributed by atoms with Crippen molar-refractivity contribution in [2.75, 3.05) is 11.4 Å². The molecule has 110 valence electrons. The lowest BCUT2D eigenvalue weighted by Crippen LogP contribution is -2.26. The molecule has 21 heavy (non-hydrogen) atoms. The molecule has 1 aromatic heterocycles. The number of nitrogens with zero attached hydrogens (tertiary/aromatic N) is 4. The molecule has 1 aromatic carbocycles. The van der Waals surface area contributed by atoms with Crippen molar-refractivity contribution in [1.29, 1.82) is 0 Å². The highest BCUT2D eigenvalue weighted by Crippen LogP contribution is 2.27. The van der Waals surface area contributed by atoms with Crippen LogP contribution in [0.3, 0.4) is 0 Å². The van der Waals surface area contributed by atoms with E-state index in [9.17, 15) is 4.79 Å². The molecule has 5 heteroatoms. The highest BCUT2D eigenvalue weighted by Gasteiger charge is 2.22. The fraction of sp³-hybridized carbons (Fsp3) is 0.438. The Balaban J connectivity index is 1.93. The minimum absolute atomic E-state index is 0.235. The highest BCUT2D eigenvalue weighted by atomic mass is 16.1. The lowest BCUT2D eigenvalue weighted by molar-refractivity contribution is 0.0984. The van der Waals surface area contributed by atoms with Crippen LogP contribution in [0.4, 0.5) is 5.69 Å². The van der Waals surface area contributed by atoms with Crippen LogP contribution in [0, 0.1) is 0 Å². The van der Waals surface area contributed by atoms with Gasteiger partial charge in [-0.3, -0.25) is 4.79 Å². The lowest BCUT2D eigenvalue weighted by Gasteiger charge is -2.24. The molecule has 0 atom stereocenters. The summed E-state index contributed by atoms with van der Waals surface area (Å²) in [5.74, 6) is 1.17. The molecule has 1 aliphatic rings. The van der Waals surface area contributed by atoms with Gasteiger partial charge in [0.05, 0.1) is 6.54 Å². The molecule has 2 aromatic rings. The summed E-state index contributed by atoms with van der Waals surface area (Å²) >= 11 is 0. The Morgan fingerprint density at radius 1 is 1.29 bits per heavy atom. The molecule has 0 N–H and O–H groups in total. The van der Waals surface area contributed by atoms with Crippen molar-refractivity contribution < 1.29 is 4.79 Å². The van der Waals surface area contributed by atoms with Crippen LogP contribution in [-0.4, -0.2) is 27.1 Å². The molecular weight excluding hydrogens is 264 g/mol. The monoisotopic (exact) mass is 284 g/mol. The van der Waals surface area contributed by atoms with E-state index >= 15 is 0 Å². The Hall–Kier alpha value is -2.17. The fourth-order valence-corrected chi connectivity index (χ4v) is 2.82. The largest absolute Gasteiger partial charge is 0.363 e. The molecule has 0 saturated heterocycles. The first-order valence-corrected chi connectivity index (χ1v) is 7.42. The van der Waals surface area contributed by atoms with Gasteiger partial charge < -0.3 is 4.90 Å². The maximum absolute atomic E-state index is 12.2. The number of para-hydroxylation sites is 1. The van der Waals surface area contributed by atoms with Crippen LogP contribution < -0.4 is 4.90 Å². The van der Waals surface area contributed by atoms with E-state index in [1.165, 1.54) is 0 Å². The van der Waals surface area contributed by atoms with E-state index < -0.39 is 0 Å². The van der Waals surface area contributed by atoms with E-state index in [0.717, 1.165) is 30.0 Å². The van der Waals surface area contributed by atoms with Gasteiger partial charge in [0, 0.05) is 30.3 Å². The van der Waals surface area contributed by atoms with Crippen molar-refractivity contribution in [2.24, 2.45) is 0 Å². The first kappa shape index (κ1) is 13.8. The maximum atomic E-state index is 12.2. The van der Waals surface area contributed by atoms with E-state index in [0.29, 0.717) is 13.0 Å². The van der Waals surface area contributed by atoms with Crippen molar-refractivity contribution in [1.82, 2.24) is 14.8 Å². The third-order valence-corrected chi connectivity index (χ3v) is 3.85. The molecule has 0 amide bonds. The smallest absolute Gasteiger partial charge is 0.165 e. The second kappa shape index (κ2) is 5.68. The first-order valence-electron chi connectivity index (χ1n) is 7.42. The van der Waals surface area contributed by atoms with Crippen molar-refractivity contribution >= 4 is 11.5 Å². The summed E-state index contributed by atoms with van der Waals surface area (Å²) < 4.78 is 1.94. The molecule has 5 nitrogen and oxygen atoms in total. The topological polar surface area (TPSA) is 51.0 Å². The summed E-state index contributed by atoms with van der Waals surface area (Å²) in [5, 5.41) is 4.29. The molecule has 0 fully saturated rings. The Kier molecular flexibility index (Phi) is 3.73. The van der Waals surface area contributed by atoms with Crippen LogP contribution in [-0.2, 0) is 6.54 Å². The summed E-state index contributed by atoms with van der Waals surface area (Å²) in [6, 6.07) is 8.14. The summed E-state index contributed by atoms with van der Waals surface area (Å²) in [5.41, 5.74) is 1.84. The van der Waals surface area contributed by atoms with Crippen LogP contribution in [0.25, 0.3) is 0 Å². The Labute approximate surface area is 124 Å². The number of Topliss-reactive ketones (excluding diaryl/α,β-unsaturated/α-hetero) is 1. The normalized spacial score (nSPS) is 15.2. The van der Waals surface area contributed by atoms with E-state index in [-0.39, 0.29) is 11.8 Å². The number of benzene rings is 1. The number of fused-ring (bicyclic) bond motifs is 1. The molecule has 0 aliphatic carbocycles. The third kappa shape index (κ3) is 2.68. The van der Waals surface area contributed by atoms with Gasteiger partial charge in [-0.1, -0.05) is 12.1 Å². The van der Waals surface area contributed by atoms with Crippen LogP contribution in [0.2, 0.25) is 0 Å². The quantitative estimate of drug-likeness (QED) is 0.869. The lowest BCUT2D eigenvalue weighted by atomic mass is 10.1. The number of aromatic nitrogens is 3. The van der Waals surface area contributed by atoms with Gasteiger partial charge in [-0.25, -0.2) is 9.67 Å². The summed E-state index contributed by atoms with van der Waals surface area (Å²) in [6.07, 6.45) is 3.10. The fourth-order valence-electron chi connectivity index (χ4n) is 2.82. The minimum atomic E-state index is 0.235. The van der Waals surface area contributed by atoms with Crippen LogP contribution in [0.1, 0.15) is 48.9 Å². The second-order valence-electron chi connectivity index (χ2n) is 5.68. The predicted molar refractivity (Wildman–Crippen MR) is 81.5 cm³/mol. The van der Waals surface area contributed by atoms with Crippen molar-refractivity contribution in [3.63, 3.8) is 0 Å². The molecular formula is C16H20N4O. The average molecular weight is 284 g/mol. The highest BCUT2D eigenvalue weighted by molar-refractivity contribution is 6.01. The molecule has 3 rings (SSSR count). The zero-order valence-corrected chi connectivity index (χ0v) is 12.5. The number of carbonyl (C=O) groups is 1. The van der Waals surface area contributed by atoms with Crippen LogP contribution in [0.5, 0.6) is 0 Å². The molecule has 0 unspecified atom stereocenters. The Morgan fingerprint density at radius 3 is 2.90 bits per heavy atom. The average Bonchev–Trinajstić information content (AvgIpc) is 2.88. The third-order valence-electron chi connectivity index (χ3n) is 3.85. The van der Waals surface area contributed by atoms with Crippen molar-refractivity contribution in [3.05, 3.63) is 42.0 Å². The number of anilines is 1. The zero-order chi connectivity index (χ0) is 14.8. The number of carbonyl (C=O) groups excluding carboxylic acids is 1.